The molecule has 10 heteroatoms. The first-order valence-corrected chi connectivity index (χ1v) is 9.16. The molecule has 2 aromatic rings. The summed E-state index contributed by atoms with van der Waals surface area (Å²) in [6.45, 7) is 2.42. The molecule has 2 aliphatic rings. The van der Waals surface area contributed by atoms with E-state index in [9.17, 15) is 9.59 Å². The van der Waals surface area contributed by atoms with Crippen molar-refractivity contribution >= 4 is 35.6 Å². The SMILES string of the molecule is Cl.NCc1nc(C(=O)N2CCN(C(=O)c3ccc4c(c3)OCO4)CC2)cs1. The third-order valence-corrected chi connectivity index (χ3v) is 5.29. The van der Waals surface area contributed by atoms with Crippen LogP contribution in [0.3, 0.4) is 0 Å². The van der Waals surface area contributed by atoms with Gasteiger partial charge in [0, 0.05) is 43.7 Å². The predicted molar refractivity (Wildman–Crippen MR) is 102 cm³/mol. The number of thiazole rings is 1. The molecule has 1 aromatic heterocycles. The van der Waals surface area contributed by atoms with E-state index < -0.39 is 0 Å². The first-order chi connectivity index (χ1) is 12.7. The lowest BCUT2D eigenvalue weighted by Crippen LogP contribution is -2.50. The molecule has 0 spiro atoms. The molecule has 1 saturated heterocycles. The number of hydrogen-bond donors (Lipinski definition) is 1. The van der Waals surface area contributed by atoms with Gasteiger partial charge >= 0.3 is 0 Å². The molecule has 3 heterocycles. The number of carbonyl (C=O) groups is 2. The fourth-order valence-corrected chi connectivity index (χ4v) is 3.64. The van der Waals surface area contributed by atoms with E-state index in [1.807, 2.05) is 0 Å². The van der Waals surface area contributed by atoms with E-state index in [-0.39, 0.29) is 31.0 Å². The second-order valence-corrected chi connectivity index (χ2v) is 6.93. The van der Waals surface area contributed by atoms with Crippen LogP contribution in [0.2, 0.25) is 0 Å². The number of ether oxygens (including phenoxy) is 2. The van der Waals surface area contributed by atoms with Gasteiger partial charge in [0.15, 0.2) is 11.5 Å². The summed E-state index contributed by atoms with van der Waals surface area (Å²) < 4.78 is 10.6. The highest BCUT2D eigenvalue weighted by Crippen LogP contribution is 2.32. The number of benzene rings is 1. The van der Waals surface area contributed by atoms with Gasteiger partial charge in [-0.05, 0) is 18.2 Å². The van der Waals surface area contributed by atoms with E-state index in [4.69, 9.17) is 15.2 Å². The third kappa shape index (κ3) is 3.85. The highest BCUT2D eigenvalue weighted by molar-refractivity contribution is 7.09. The number of fused-ring (bicyclic) bond motifs is 1. The van der Waals surface area contributed by atoms with Crippen molar-refractivity contribution in [3.63, 3.8) is 0 Å². The molecular formula is C17H19ClN4O4S. The number of hydrogen-bond acceptors (Lipinski definition) is 7. The molecular weight excluding hydrogens is 392 g/mol. The van der Waals surface area contributed by atoms with E-state index in [1.54, 1.807) is 33.4 Å². The molecule has 2 amide bonds. The highest BCUT2D eigenvalue weighted by Gasteiger charge is 2.27. The zero-order valence-corrected chi connectivity index (χ0v) is 16.1. The van der Waals surface area contributed by atoms with Crippen molar-refractivity contribution < 1.29 is 19.1 Å². The van der Waals surface area contributed by atoms with E-state index in [1.165, 1.54) is 11.3 Å². The maximum absolute atomic E-state index is 12.7. The van der Waals surface area contributed by atoms with Gasteiger partial charge in [0.2, 0.25) is 6.79 Å². The molecule has 0 bridgehead atoms. The van der Waals surface area contributed by atoms with Gasteiger partial charge < -0.3 is 25.0 Å². The number of nitrogens with zero attached hydrogens (tertiary/aromatic N) is 3. The van der Waals surface area contributed by atoms with Gasteiger partial charge in [-0.1, -0.05) is 0 Å². The van der Waals surface area contributed by atoms with Crippen LogP contribution in [-0.2, 0) is 6.54 Å². The molecule has 4 rings (SSSR count). The van der Waals surface area contributed by atoms with Crippen LogP contribution in [0.4, 0.5) is 0 Å². The monoisotopic (exact) mass is 410 g/mol. The van der Waals surface area contributed by atoms with Crippen molar-refractivity contribution in [2.45, 2.75) is 6.54 Å². The Balaban J connectivity index is 0.00000210. The Morgan fingerprint density at radius 2 is 1.74 bits per heavy atom. The molecule has 144 valence electrons. The molecule has 0 radical (unpaired) electrons. The number of amides is 2. The fraction of sp³-hybridized carbons (Fsp3) is 0.353. The average Bonchev–Trinajstić information content (AvgIpc) is 3.35. The first kappa shape index (κ1) is 19.4. The van der Waals surface area contributed by atoms with Crippen LogP contribution in [0.5, 0.6) is 11.5 Å². The lowest BCUT2D eigenvalue weighted by molar-refractivity contribution is 0.0532. The van der Waals surface area contributed by atoms with Gasteiger partial charge in [-0.15, -0.1) is 23.7 Å². The maximum Gasteiger partial charge on any atom is 0.273 e. The molecule has 0 saturated carbocycles. The summed E-state index contributed by atoms with van der Waals surface area (Å²) in [5, 5.41) is 2.47. The summed E-state index contributed by atoms with van der Waals surface area (Å²) in [5.41, 5.74) is 6.52. The number of carbonyl (C=O) groups excluding carboxylic acids is 2. The van der Waals surface area contributed by atoms with Crippen LogP contribution >= 0.6 is 23.7 Å². The van der Waals surface area contributed by atoms with E-state index in [0.29, 0.717) is 55.5 Å². The van der Waals surface area contributed by atoms with Crippen molar-refractivity contribution in [3.05, 3.63) is 39.8 Å². The van der Waals surface area contributed by atoms with E-state index in [2.05, 4.69) is 4.98 Å². The second-order valence-electron chi connectivity index (χ2n) is 5.98. The van der Waals surface area contributed by atoms with Gasteiger partial charge in [-0.25, -0.2) is 4.98 Å². The quantitative estimate of drug-likeness (QED) is 0.820. The molecule has 0 unspecified atom stereocenters. The molecule has 2 aliphatic heterocycles. The van der Waals surface area contributed by atoms with Crippen molar-refractivity contribution in [3.8, 4) is 11.5 Å². The number of piperazine rings is 1. The number of rotatable bonds is 3. The topological polar surface area (TPSA) is 98.0 Å². The summed E-state index contributed by atoms with van der Waals surface area (Å²) in [7, 11) is 0. The first-order valence-electron chi connectivity index (χ1n) is 8.28. The largest absolute Gasteiger partial charge is 0.454 e. The Bertz CT molecular complexity index is 851. The molecule has 8 nitrogen and oxygen atoms in total. The van der Waals surface area contributed by atoms with Crippen LogP contribution in [0, 0.1) is 0 Å². The van der Waals surface area contributed by atoms with Gasteiger partial charge in [0.1, 0.15) is 10.7 Å². The van der Waals surface area contributed by atoms with Crippen LogP contribution < -0.4 is 15.2 Å². The Morgan fingerprint density at radius 3 is 2.41 bits per heavy atom. The summed E-state index contributed by atoms with van der Waals surface area (Å²) in [4.78, 5) is 32.9. The van der Waals surface area contributed by atoms with E-state index in [0.717, 1.165) is 5.01 Å². The minimum atomic E-state index is -0.115. The lowest BCUT2D eigenvalue weighted by Gasteiger charge is -2.34. The van der Waals surface area contributed by atoms with Gasteiger partial charge in [-0.2, -0.15) is 0 Å². The number of halogens is 1. The Hall–Kier alpha value is -2.36. The van der Waals surface area contributed by atoms with Crippen LogP contribution in [0.1, 0.15) is 25.9 Å². The molecule has 27 heavy (non-hydrogen) atoms. The van der Waals surface area contributed by atoms with Crippen molar-refractivity contribution in [2.75, 3.05) is 33.0 Å². The summed E-state index contributed by atoms with van der Waals surface area (Å²) in [6.07, 6.45) is 0. The predicted octanol–water partition coefficient (Wildman–Crippen LogP) is 1.35. The second kappa shape index (κ2) is 8.12. The Morgan fingerprint density at radius 1 is 1.07 bits per heavy atom. The summed E-state index contributed by atoms with van der Waals surface area (Å²) >= 11 is 1.38. The lowest BCUT2D eigenvalue weighted by atomic mass is 10.1. The molecule has 1 aromatic carbocycles. The molecule has 1 fully saturated rings. The summed E-state index contributed by atoms with van der Waals surface area (Å²) in [6, 6.07) is 5.18. The molecule has 0 aliphatic carbocycles. The zero-order valence-electron chi connectivity index (χ0n) is 14.4. The van der Waals surface area contributed by atoms with Crippen LogP contribution in [0.15, 0.2) is 23.6 Å². The molecule has 0 atom stereocenters. The Kier molecular flexibility index (Phi) is 5.83. The van der Waals surface area contributed by atoms with Gasteiger partial charge in [0.25, 0.3) is 11.8 Å². The zero-order chi connectivity index (χ0) is 18.1. The average molecular weight is 411 g/mol. The van der Waals surface area contributed by atoms with Gasteiger partial charge in [0.05, 0.1) is 0 Å². The highest BCUT2D eigenvalue weighted by atomic mass is 35.5. The third-order valence-electron chi connectivity index (χ3n) is 4.42. The fourth-order valence-electron chi connectivity index (χ4n) is 2.99. The van der Waals surface area contributed by atoms with Gasteiger partial charge in [-0.3, -0.25) is 9.59 Å². The smallest absolute Gasteiger partial charge is 0.273 e. The van der Waals surface area contributed by atoms with Crippen molar-refractivity contribution in [2.24, 2.45) is 5.73 Å². The van der Waals surface area contributed by atoms with Crippen molar-refractivity contribution in [1.82, 2.24) is 14.8 Å². The maximum atomic E-state index is 12.7. The standard InChI is InChI=1S/C17H18N4O4S.ClH/c18-8-15-19-12(9-26-15)17(23)21-5-3-20(4-6-21)16(22)11-1-2-13-14(7-11)25-10-24-13;/h1-2,7,9H,3-6,8,10,18H2;1H. The number of nitrogens with two attached hydrogens (primary N) is 1. The summed E-state index contributed by atoms with van der Waals surface area (Å²) in [5.74, 6) is 1.05. The van der Waals surface area contributed by atoms with Crippen LogP contribution in [-0.4, -0.2) is 59.6 Å². The molecule has 2 N–H and O–H groups in total. The Labute approximate surface area is 166 Å². The number of aromatic nitrogens is 1. The van der Waals surface area contributed by atoms with E-state index >= 15 is 0 Å². The van der Waals surface area contributed by atoms with Crippen molar-refractivity contribution in [1.29, 1.82) is 0 Å². The minimum Gasteiger partial charge on any atom is -0.454 e. The van der Waals surface area contributed by atoms with Crippen LogP contribution in [0.25, 0.3) is 0 Å². The minimum absolute atomic E-state index is 0. The normalized spacial score (nSPS) is 15.4.